The zero-order valence-corrected chi connectivity index (χ0v) is 12.8. The van der Waals surface area contributed by atoms with Gasteiger partial charge in [0.2, 0.25) is 5.91 Å². The first-order chi connectivity index (χ1) is 9.78. The lowest BCUT2D eigenvalue weighted by atomic mass is 9.79. The fourth-order valence-corrected chi connectivity index (χ4v) is 2.85. The summed E-state index contributed by atoms with van der Waals surface area (Å²) in [4.78, 5) is 23.3. The second kappa shape index (κ2) is 5.51. The summed E-state index contributed by atoms with van der Waals surface area (Å²) in [6, 6.07) is 10.1. The van der Waals surface area contributed by atoms with Gasteiger partial charge in [0.15, 0.2) is 0 Å². The van der Waals surface area contributed by atoms with E-state index in [9.17, 15) is 9.59 Å². The minimum Gasteiger partial charge on any atom is -0.480 e. The smallest absolute Gasteiger partial charge is 0.319 e. The van der Waals surface area contributed by atoms with E-state index in [1.54, 1.807) is 0 Å². The molecule has 1 atom stereocenters. The average Bonchev–Trinajstić information content (AvgIpc) is 3.20. The van der Waals surface area contributed by atoms with Gasteiger partial charge in [0.25, 0.3) is 0 Å². The Hall–Kier alpha value is -1.84. The molecule has 0 spiro atoms. The molecule has 0 radical (unpaired) electrons. The van der Waals surface area contributed by atoms with Gasteiger partial charge in [-0.1, -0.05) is 44.2 Å². The maximum atomic E-state index is 12.1. The third-order valence-electron chi connectivity index (χ3n) is 4.34. The van der Waals surface area contributed by atoms with Crippen molar-refractivity contribution in [3.63, 3.8) is 0 Å². The highest BCUT2D eigenvalue weighted by atomic mass is 16.4. The number of hydrogen-bond acceptors (Lipinski definition) is 2. The quantitative estimate of drug-likeness (QED) is 0.791. The molecular weight excluding hydrogens is 266 g/mol. The Labute approximate surface area is 125 Å². The third-order valence-corrected chi connectivity index (χ3v) is 4.34. The van der Waals surface area contributed by atoms with Crippen molar-refractivity contribution < 1.29 is 14.7 Å². The van der Waals surface area contributed by atoms with E-state index in [0.717, 1.165) is 6.42 Å². The van der Waals surface area contributed by atoms with Crippen LogP contribution in [0.3, 0.4) is 0 Å². The highest BCUT2D eigenvalue weighted by Gasteiger charge is 2.57. The molecule has 1 amide bonds. The van der Waals surface area contributed by atoms with Gasteiger partial charge in [0.1, 0.15) is 5.41 Å². The van der Waals surface area contributed by atoms with Crippen molar-refractivity contribution in [2.45, 2.75) is 51.5 Å². The molecule has 114 valence electrons. The third kappa shape index (κ3) is 3.26. The van der Waals surface area contributed by atoms with Crippen molar-refractivity contribution in [2.24, 2.45) is 5.41 Å². The van der Waals surface area contributed by atoms with Gasteiger partial charge in [-0.05, 0) is 37.2 Å². The first-order valence-corrected chi connectivity index (χ1v) is 7.38. The summed E-state index contributed by atoms with van der Waals surface area (Å²) in [7, 11) is 0. The predicted octanol–water partition coefficient (Wildman–Crippen LogP) is 2.72. The van der Waals surface area contributed by atoms with Gasteiger partial charge in [0, 0.05) is 6.04 Å². The summed E-state index contributed by atoms with van der Waals surface area (Å²) >= 11 is 0. The van der Waals surface area contributed by atoms with E-state index < -0.39 is 11.4 Å². The Morgan fingerprint density at radius 3 is 2.33 bits per heavy atom. The van der Waals surface area contributed by atoms with Crippen LogP contribution in [0.5, 0.6) is 0 Å². The summed E-state index contributed by atoms with van der Waals surface area (Å²) in [5.74, 6) is -1.35. The number of amides is 1. The lowest BCUT2D eigenvalue weighted by Crippen LogP contribution is -2.43. The molecule has 0 aliphatic heterocycles. The molecule has 1 aromatic carbocycles. The minimum atomic E-state index is -1.16. The number of nitrogens with one attached hydrogen (secondary N) is 1. The molecule has 0 saturated heterocycles. The molecule has 1 aromatic rings. The van der Waals surface area contributed by atoms with Crippen molar-refractivity contribution >= 4 is 11.9 Å². The topological polar surface area (TPSA) is 66.4 Å². The highest BCUT2D eigenvalue weighted by Crippen LogP contribution is 2.46. The Balaban J connectivity index is 1.97. The van der Waals surface area contributed by atoms with E-state index in [4.69, 9.17) is 5.11 Å². The molecule has 0 bridgehead atoms. The summed E-state index contributed by atoms with van der Waals surface area (Å²) < 4.78 is 0. The number of carbonyl (C=O) groups excluding carboxylic acids is 1. The second-order valence-electron chi connectivity index (χ2n) is 6.72. The fourth-order valence-electron chi connectivity index (χ4n) is 2.85. The molecule has 21 heavy (non-hydrogen) atoms. The molecule has 0 aromatic heterocycles. The molecule has 1 aliphatic rings. The predicted molar refractivity (Wildman–Crippen MR) is 81.0 cm³/mol. The Morgan fingerprint density at radius 1 is 1.29 bits per heavy atom. The summed E-state index contributed by atoms with van der Waals surface area (Å²) in [6.45, 7) is 6.20. The van der Waals surface area contributed by atoms with Gasteiger partial charge < -0.3 is 10.4 Å². The Kier molecular flexibility index (Phi) is 4.08. The van der Waals surface area contributed by atoms with E-state index in [1.165, 1.54) is 5.56 Å². The Bertz CT molecular complexity index is 532. The zero-order chi connectivity index (χ0) is 15.7. The van der Waals surface area contributed by atoms with Gasteiger partial charge in [-0.15, -0.1) is 0 Å². The molecule has 4 nitrogen and oxygen atoms in total. The lowest BCUT2D eigenvalue weighted by Gasteiger charge is -2.29. The number of aliphatic carboxylic acids is 1. The number of carboxylic acid groups (broad SMARTS) is 1. The number of carboxylic acids is 1. The molecule has 2 N–H and O–H groups in total. The van der Waals surface area contributed by atoms with E-state index in [1.807, 2.05) is 25.1 Å². The van der Waals surface area contributed by atoms with E-state index in [2.05, 4.69) is 31.3 Å². The SMILES string of the molecule is CC(CC(C)(C)c1ccccc1)NC(=O)C1(C(=O)O)CC1. The molecule has 1 unspecified atom stereocenters. The molecular formula is C17H23NO3. The molecule has 4 heteroatoms. The van der Waals surface area contributed by atoms with Gasteiger partial charge >= 0.3 is 5.97 Å². The van der Waals surface area contributed by atoms with Crippen LogP contribution in [0.1, 0.15) is 45.6 Å². The molecule has 1 aliphatic carbocycles. The fraction of sp³-hybridized carbons (Fsp3) is 0.529. The van der Waals surface area contributed by atoms with Gasteiger partial charge in [0.05, 0.1) is 0 Å². The van der Waals surface area contributed by atoms with Gasteiger partial charge in [-0.2, -0.15) is 0 Å². The monoisotopic (exact) mass is 289 g/mol. The highest BCUT2D eigenvalue weighted by molar-refractivity contribution is 6.04. The van der Waals surface area contributed by atoms with E-state index in [0.29, 0.717) is 12.8 Å². The summed E-state index contributed by atoms with van der Waals surface area (Å²) in [5, 5.41) is 12.0. The van der Waals surface area contributed by atoms with E-state index in [-0.39, 0.29) is 17.4 Å². The number of carbonyl (C=O) groups is 2. The molecule has 2 rings (SSSR count). The number of benzene rings is 1. The van der Waals surface area contributed by atoms with Crippen LogP contribution in [-0.4, -0.2) is 23.0 Å². The zero-order valence-electron chi connectivity index (χ0n) is 12.8. The number of rotatable bonds is 6. The summed E-state index contributed by atoms with van der Waals surface area (Å²) in [5.41, 5.74) is -0.0237. The second-order valence-corrected chi connectivity index (χ2v) is 6.72. The van der Waals surface area contributed by atoms with Crippen molar-refractivity contribution in [1.29, 1.82) is 0 Å². The van der Waals surface area contributed by atoms with Crippen molar-refractivity contribution in [3.8, 4) is 0 Å². The van der Waals surface area contributed by atoms with Crippen LogP contribution in [0.15, 0.2) is 30.3 Å². The van der Waals surface area contributed by atoms with Gasteiger partial charge in [-0.25, -0.2) is 0 Å². The van der Waals surface area contributed by atoms with Crippen molar-refractivity contribution in [1.82, 2.24) is 5.32 Å². The van der Waals surface area contributed by atoms with Crippen molar-refractivity contribution in [3.05, 3.63) is 35.9 Å². The largest absolute Gasteiger partial charge is 0.480 e. The van der Waals surface area contributed by atoms with Crippen molar-refractivity contribution in [2.75, 3.05) is 0 Å². The first kappa shape index (κ1) is 15.5. The van der Waals surface area contributed by atoms with Crippen LogP contribution in [0.2, 0.25) is 0 Å². The first-order valence-electron chi connectivity index (χ1n) is 7.38. The maximum absolute atomic E-state index is 12.1. The number of hydrogen-bond donors (Lipinski definition) is 2. The van der Waals surface area contributed by atoms with Crippen LogP contribution in [-0.2, 0) is 15.0 Å². The molecule has 1 saturated carbocycles. The van der Waals surface area contributed by atoms with Crippen LogP contribution in [0.25, 0.3) is 0 Å². The minimum absolute atomic E-state index is 0.0652. The molecule has 1 fully saturated rings. The van der Waals surface area contributed by atoms with Crippen LogP contribution < -0.4 is 5.32 Å². The van der Waals surface area contributed by atoms with E-state index >= 15 is 0 Å². The maximum Gasteiger partial charge on any atom is 0.319 e. The Morgan fingerprint density at radius 2 is 1.86 bits per heavy atom. The average molecular weight is 289 g/mol. The summed E-state index contributed by atoms with van der Waals surface area (Å²) in [6.07, 6.45) is 1.66. The van der Waals surface area contributed by atoms with Crippen LogP contribution >= 0.6 is 0 Å². The van der Waals surface area contributed by atoms with Crippen LogP contribution in [0, 0.1) is 5.41 Å². The lowest BCUT2D eigenvalue weighted by molar-refractivity contribution is -0.149. The van der Waals surface area contributed by atoms with Gasteiger partial charge in [-0.3, -0.25) is 9.59 Å². The van der Waals surface area contributed by atoms with Crippen LogP contribution in [0.4, 0.5) is 0 Å². The standard InChI is InChI=1S/C17H23NO3/c1-12(18-14(19)17(9-10-17)15(20)21)11-16(2,3)13-7-5-4-6-8-13/h4-8,12H,9-11H2,1-3H3,(H,18,19)(H,20,21). The molecule has 0 heterocycles. The normalized spacial score (nSPS) is 17.9.